The molecule has 1 aromatic heterocycles. The molecule has 1 fully saturated rings. The SMILES string of the molecule is CN=C(NCCc1ncc(C)s1)NCC1(c2ccccc2)CC1. The smallest absolute Gasteiger partial charge is 0.191 e. The van der Waals surface area contributed by atoms with Gasteiger partial charge in [0, 0.05) is 43.0 Å². The van der Waals surface area contributed by atoms with E-state index in [1.807, 2.05) is 13.2 Å². The summed E-state index contributed by atoms with van der Waals surface area (Å²) in [5.41, 5.74) is 1.73. The van der Waals surface area contributed by atoms with Gasteiger partial charge in [0.15, 0.2) is 5.96 Å². The standard InChI is InChI=1S/C18H24N4S/c1-14-12-21-16(23-14)8-11-20-17(19-2)22-13-18(9-10-18)15-6-4-3-5-7-15/h3-7,12H,8-11,13H2,1-2H3,(H2,19,20,22). The highest BCUT2D eigenvalue weighted by atomic mass is 32.1. The van der Waals surface area contributed by atoms with Crippen LogP contribution in [-0.4, -0.2) is 31.1 Å². The van der Waals surface area contributed by atoms with Crippen molar-refractivity contribution in [3.8, 4) is 0 Å². The molecule has 23 heavy (non-hydrogen) atoms. The highest BCUT2D eigenvalue weighted by Gasteiger charge is 2.43. The van der Waals surface area contributed by atoms with E-state index in [-0.39, 0.29) is 0 Å². The zero-order chi connectivity index (χ0) is 16.1. The van der Waals surface area contributed by atoms with Gasteiger partial charge in [0.25, 0.3) is 0 Å². The Hall–Kier alpha value is -1.88. The molecule has 3 rings (SSSR count). The first kappa shape index (κ1) is 16.0. The maximum absolute atomic E-state index is 4.39. The van der Waals surface area contributed by atoms with E-state index in [1.165, 1.54) is 28.3 Å². The lowest BCUT2D eigenvalue weighted by Gasteiger charge is -2.19. The predicted molar refractivity (Wildman–Crippen MR) is 97.3 cm³/mol. The number of aliphatic imine (C=N–C) groups is 1. The molecular formula is C18H24N4S. The van der Waals surface area contributed by atoms with Crippen LogP contribution in [0.2, 0.25) is 0 Å². The van der Waals surface area contributed by atoms with Crippen LogP contribution >= 0.6 is 11.3 Å². The van der Waals surface area contributed by atoms with Gasteiger partial charge in [0.1, 0.15) is 0 Å². The molecule has 0 bridgehead atoms. The van der Waals surface area contributed by atoms with E-state index in [1.54, 1.807) is 11.3 Å². The van der Waals surface area contributed by atoms with Crippen molar-refractivity contribution in [2.45, 2.75) is 31.6 Å². The van der Waals surface area contributed by atoms with Crippen LogP contribution in [0.15, 0.2) is 41.5 Å². The minimum atomic E-state index is 0.297. The summed E-state index contributed by atoms with van der Waals surface area (Å²) in [5.74, 6) is 0.875. The molecule has 0 saturated heterocycles. The molecule has 0 amide bonds. The van der Waals surface area contributed by atoms with Gasteiger partial charge in [-0.15, -0.1) is 11.3 Å². The largest absolute Gasteiger partial charge is 0.356 e. The van der Waals surface area contributed by atoms with Gasteiger partial charge in [-0.3, -0.25) is 4.99 Å². The van der Waals surface area contributed by atoms with Crippen molar-refractivity contribution in [2.75, 3.05) is 20.1 Å². The average Bonchev–Trinajstić information content (AvgIpc) is 3.27. The Bertz CT molecular complexity index is 659. The summed E-state index contributed by atoms with van der Waals surface area (Å²) in [6.07, 6.45) is 5.37. The summed E-state index contributed by atoms with van der Waals surface area (Å²) in [7, 11) is 1.82. The van der Waals surface area contributed by atoms with Gasteiger partial charge in [-0.25, -0.2) is 4.98 Å². The molecule has 2 N–H and O–H groups in total. The van der Waals surface area contributed by atoms with E-state index >= 15 is 0 Å². The summed E-state index contributed by atoms with van der Waals surface area (Å²) < 4.78 is 0. The van der Waals surface area contributed by atoms with Gasteiger partial charge in [0.05, 0.1) is 5.01 Å². The fourth-order valence-corrected chi connectivity index (χ4v) is 3.58. The zero-order valence-electron chi connectivity index (χ0n) is 13.8. The monoisotopic (exact) mass is 328 g/mol. The molecule has 1 aliphatic rings. The predicted octanol–water partition coefficient (Wildman–Crippen LogP) is 2.89. The second-order valence-electron chi connectivity index (χ2n) is 6.11. The minimum absolute atomic E-state index is 0.297. The second-order valence-corrected chi connectivity index (χ2v) is 7.43. The molecule has 4 nitrogen and oxygen atoms in total. The maximum Gasteiger partial charge on any atom is 0.191 e. The topological polar surface area (TPSA) is 49.3 Å². The number of hydrogen-bond donors (Lipinski definition) is 2. The molecule has 122 valence electrons. The van der Waals surface area contributed by atoms with E-state index in [0.717, 1.165) is 25.5 Å². The van der Waals surface area contributed by atoms with Crippen molar-refractivity contribution in [3.63, 3.8) is 0 Å². The molecule has 1 aliphatic carbocycles. The fourth-order valence-electron chi connectivity index (χ4n) is 2.79. The number of aryl methyl sites for hydroxylation is 1. The Balaban J connectivity index is 1.47. The second kappa shape index (κ2) is 7.13. The van der Waals surface area contributed by atoms with E-state index in [4.69, 9.17) is 0 Å². The number of benzene rings is 1. The third kappa shape index (κ3) is 4.10. The number of rotatable bonds is 6. The Kier molecular flexibility index (Phi) is 4.96. The molecule has 1 heterocycles. The Labute approximate surface area is 142 Å². The first-order valence-electron chi connectivity index (χ1n) is 8.13. The number of aromatic nitrogens is 1. The number of thiazole rings is 1. The van der Waals surface area contributed by atoms with Crippen LogP contribution in [0.25, 0.3) is 0 Å². The van der Waals surface area contributed by atoms with Gasteiger partial charge >= 0.3 is 0 Å². The molecule has 0 atom stereocenters. The van der Waals surface area contributed by atoms with E-state index in [2.05, 4.69) is 57.9 Å². The summed E-state index contributed by atoms with van der Waals surface area (Å²) in [5, 5.41) is 8.04. The van der Waals surface area contributed by atoms with Crippen LogP contribution in [0.1, 0.15) is 28.3 Å². The highest BCUT2D eigenvalue weighted by Crippen LogP contribution is 2.47. The molecule has 1 saturated carbocycles. The molecule has 1 aromatic carbocycles. The number of nitrogens with one attached hydrogen (secondary N) is 2. The van der Waals surface area contributed by atoms with Gasteiger partial charge < -0.3 is 10.6 Å². The summed E-state index contributed by atoms with van der Waals surface area (Å²) in [4.78, 5) is 9.98. The highest BCUT2D eigenvalue weighted by molar-refractivity contribution is 7.11. The molecule has 0 unspecified atom stereocenters. The first-order chi connectivity index (χ1) is 11.2. The van der Waals surface area contributed by atoms with Gasteiger partial charge in [-0.05, 0) is 25.3 Å². The lowest BCUT2D eigenvalue weighted by Crippen LogP contribution is -2.41. The quantitative estimate of drug-likeness (QED) is 0.633. The lowest BCUT2D eigenvalue weighted by molar-refractivity contribution is 0.645. The third-order valence-corrected chi connectivity index (χ3v) is 5.33. The van der Waals surface area contributed by atoms with Crippen LogP contribution in [0.5, 0.6) is 0 Å². The molecule has 0 spiro atoms. The molecule has 0 aliphatic heterocycles. The Morgan fingerprint density at radius 3 is 2.65 bits per heavy atom. The van der Waals surface area contributed by atoms with Crippen molar-refractivity contribution >= 4 is 17.3 Å². The van der Waals surface area contributed by atoms with Crippen LogP contribution < -0.4 is 10.6 Å². The average molecular weight is 328 g/mol. The van der Waals surface area contributed by atoms with Crippen molar-refractivity contribution in [3.05, 3.63) is 52.0 Å². The Morgan fingerprint density at radius 1 is 1.26 bits per heavy atom. The number of guanidine groups is 1. The number of hydrogen-bond acceptors (Lipinski definition) is 3. The maximum atomic E-state index is 4.39. The Morgan fingerprint density at radius 2 is 2.04 bits per heavy atom. The molecule has 2 aromatic rings. The van der Waals surface area contributed by atoms with Crippen molar-refractivity contribution < 1.29 is 0 Å². The van der Waals surface area contributed by atoms with E-state index in [0.29, 0.717) is 5.41 Å². The van der Waals surface area contributed by atoms with Crippen LogP contribution in [0, 0.1) is 6.92 Å². The van der Waals surface area contributed by atoms with Crippen LogP contribution in [0.4, 0.5) is 0 Å². The van der Waals surface area contributed by atoms with E-state index < -0.39 is 0 Å². The van der Waals surface area contributed by atoms with Crippen LogP contribution in [-0.2, 0) is 11.8 Å². The van der Waals surface area contributed by atoms with Gasteiger partial charge in [-0.1, -0.05) is 30.3 Å². The van der Waals surface area contributed by atoms with Crippen molar-refractivity contribution in [1.82, 2.24) is 15.6 Å². The van der Waals surface area contributed by atoms with Crippen LogP contribution in [0.3, 0.4) is 0 Å². The third-order valence-electron chi connectivity index (χ3n) is 4.36. The zero-order valence-corrected chi connectivity index (χ0v) is 14.6. The molecule has 0 radical (unpaired) electrons. The van der Waals surface area contributed by atoms with E-state index in [9.17, 15) is 0 Å². The summed E-state index contributed by atoms with van der Waals surface area (Å²) >= 11 is 1.76. The minimum Gasteiger partial charge on any atom is -0.356 e. The molecule has 5 heteroatoms. The normalized spacial score (nSPS) is 16.2. The van der Waals surface area contributed by atoms with Crippen molar-refractivity contribution in [1.29, 1.82) is 0 Å². The van der Waals surface area contributed by atoms with Gasteiger partial charge in [0.2, 0.25) is 0 Å². The summed E-state index contributed by atoms with van der Waals surface area (Å²) in [6.45, 7) is 3.88. The van der Waals surface area contributed by atoms with Crippen molar-refractivity contribution in [2.24, 2.45) is 4.99 Å². The van der Waals surface area contributed by atoms with Gasteiger partial charge in [-0.2, -0.15) is 0 Å². The molecular weight excluding hydrogens is 304 g/mol. The number of nitrogens with zero attached hydrogens (tertiary/aromatic N) is 2. The lowest BCUT2D eigenvalue weighted by atomic mass is 9.96. The summed E-state index contributed by atoms with van der Waals surface area (Å²) in [6, 6.07) is 10.8. The fraction of sp³-hybridized carbons (Fsp3) is 0.444. The first-order valence-corrected chi connectivity index (χ1v) is 8.95.